The summed E-state index contributed by atoms with van der Waals surface area (Å²) >= 11 is 0.477. The lowest BCUT2D eigenvalue weighted by atomic mass is 9.36. The maximum Gasteiger partial charge on any atom is 0.410 e. The molecule has 0 bridgehead atoms. The number of alkyl halides is 6. The number of nitrogens with zero attached hydrogens (tertiary/aromatic N) is 2. The Morgan fingerprint density at radius 1 is 0.833 bits per heavy atom. The Labute approximate surface area is 140 Å². The van der Waals surface area contributed by atoms with Crippen LogP contribution in [0.5, 0.6) is 0 Å². The molecule has 1 saturated heterocycles. The molecule has 2 nitrogen and oxygen atoms in total. The second kappa shape index (κ2) is 4.55. The van der Waals surface area contributed by atoms with Gasteiger partial charge in [0.2, 0.25) is 0 Å². The van der Waals surface area contributed by atoms with Crippen LogP contribution in [0.3, 0.4) is 0 Å². The lowest BCUT2D eigenvalue weighted by molar-refractivity contribution is -0.331. The van der Waals surface area contributed by atoms with Crippen molar-refractivity contribution >= 4 is 11.8 Å². The van der Waals surface area contributed by atoms with Crippen molar-refractivity contribution in [1.29, 1.82) is 10.5 Å². The van der Waals surface area contributed by atoms with E-state index in [0.717, 1.165) is 12.1 Å². The molecule has 1 aliphatic carbocycles. The van der Waals surface area contributed by atoms with Crippen molar-refractivity contribution < 1.29 is 26.3 Å². The topological polar surface area (TPSA) is 47.6 Å². The summed E-state index contributed by atoms with van der Waals surface area (Å²) in [6, 6.07) is 1.86. The Morgan fingerprint density at radius 3 is 1.54 bits per heavy atom. The first-order valence-corrected chi connectivity index (χ1v) is 8.12. The van der Waals surface area contributed by atoms with Crippen LogP contribution in [0, 0.1) is 44.3 Å². The van der Waals surface area contributed by atoms with E-state index in [0.29, 0.717) is 11.8 Å². The van der Waals surface area contributed by atoms with Crippen molar-refractivity contribution in [3.8, 4) is 12.1 Å². The molecule has 1 saturated carbocycles. The molecule has 0 unspecified atom stereocenters. The van der Waals surface area contributed by atoms with Crippen LogP contribution in [0.1, 0.15) is 34.1 Å². The van der Waals surface area contributed by atoms with Crippen LogP contribution in [-0.4, -0.2) is 22.9 Å². The number of nitriles is 2. The second-order valence-corrected chi connectivity index (χ2v) is 8.98. The fourth-order valence-electron chi connectivity index (χ4n) is 5.46. The maximum absolute atomic E-state index is 14.1. The summed E-state index contributed by atoms with van der Waals surface area (Å²) in [5, 5.41) is 18.8. The predicted octanol–water partition coefficient (Wildman–Crippen LogP) is 5.07. The van der Waals surface area contributed by atoms with Gasteiger partial charge in [-0.25, -0.2) is 0 Å². The van der Waals surface area contributed by atoms with E-state index in [2.05, 4.69) is 0 Å². The van der Waals surface area contributed by atoms with Gasteiger partial charge in [0.15, 0.2) is 10.8 Å². The summed E-state index contributed by atoms with van der Waals surface area (Å²) in [5.74, 6) is -1.10. The van der Waals surface area contributed by atoms with E-state index >= 15 is 0 Å². The normalized spacial score (nSPS) is 36.7. The van der Waals surface area contributed by atoms with Crippen LogP contribution in [-0.2, 0) is 0 Å². The number of hydrogen-bond donors (Lipinski definition) is 0. The van der Waals surface area contributed by atoms with E-state index < -0.39 is 44.5 Å². The molecule has 24 heavy (non-hydrogen) atoms. The molecule has 0 amide bonds. The molecule has 9 heteroatoms. The van der Waals surface area contributed by atoms with Gasteiger partial charge in [-0.3, -0.25) is 0 Å². The number of hydrogen-bond acceptors (Lipinski definition) is 3. The highest BCUT2D eigenvalue weighted by molar-refractivity contribution is 8.01. The first kappa shape index (κ1) is 19.2. The minimum Gasteiger partial charge on any atom is -0.197 e. The minimum atomic E-state index is -5.51. The fraction of sp³-hybridized carbons (Fsp3) is 0.867. The summed E-state index contributed by atoms with van der Waals surface area (Å²) < 4.78 is 81.6. The molecule has 0 N–H and O–H groups in total. The highest BCUT2D eigenvalue weighted by Crippen LogP contribution is 2.85. The number of thioether (sulfide) groups is 1. The van der Waals surface area contributed by atoms with Gasteiger partial charge < -0.3 is 0 Å². The molecule has 134 valence electrons. The molecule has 2 atom stereocenters. The van der Waals surface area contributed by atoms with Gasteiger partial charge in [-0.1, -0.05) is 27.7 Å². The minimum absolute atomic E-state index is 0.228. The van der Waals surface area contributed by atoms with Gasteiger partial charge in [-0.2, -0.15) is 36.9 Å². The smallest absolute Gasteiger partial charge is 0.197 e. The van der Waals surface area contributed by atoms with Crippen molar-refractivity contribution in [3.05, 3.63) is 0 Å². The van der Waals surface area contributed by atoms with Gasteiger partial charge in [0.1, 0.15) is 0 Å². The van der Waals surface area contributed by atoms with E-state index in [4.69, 9.17) is 0 Å². The molecule has 0 aromatic heterocycles. The van der Waals surface area contributed by atoms with Gasteiger partial charge in [0.05, 0.1) is 16.9 Å². The lowest BCUT2D eigenvalue weighted by Crippen LogP contribution is -2.77. The Bertz CT molecular complexity index is 637. The molecule has 0 radical (unpaired) electrons. The van der Waals surface area contributed by atoms with Crippen LogP contribution in [0.25, 0.3) is 0 Å². The predicted molar refractivity (Wildman–Crippen MR) is 75.6 cm³/mol. The Balaban J connectivity index is 3.00. The fourth-order valence-corrected chi connectivity index (χ4v) is 7.81. The van der Waals surface area contributed by atoms with Crippen LogP contribution < -0.4 is 0 Å². The van der Waals surface area contributed by atoms with Crippen molar-refractivity contribution in [2.24, 2.45) is 21.7 Å². The first-order chi connectivity index (χ1) is 10.5. The lowest BCUT2D eigenvalue weighted by Gasteiger charge is -2.70. The molecule has 0 aromatic carbocycles. The first-order valence-electron chi connectivity index (χ1n) is 7.13. The Kier molecular flexibility index (Phi) is 3.64. The van der Waals surface area contributed by atoms with Gasteiger partial charge in [0.25, 0.3) is 0 Å². The molecule has 2 rings (SSSR count). The quantitative estimate of drug-likeness (QED) is 0.559. The van der Waals surface area contributed by atoms with Gasteiger partial charge >= 0.3 is 12.4 Å². The van der Waals surface area contributed by atoms with E-state index in [1.807, 2.05) is 0 Å². The molecule has 1 aliphatic heterocycles. The summed E-state index contributed by atoms with van der Waals surface area (Å²) in [7, 11) is 0. The van der Waals surface area contributed by atoms with Crippen molar-refractivity contribution in [3.63, 3.8) is 0 Å². The highest BCUT2D eigenvalue weighted by atomic mass is 32.2. The average Bonchev–Trinajstić information content (AvgIpc) is 2.71. The molecule has 2 aliphatic rings. The third-order valence-electron chi connectivity index (χ3n) is 5.73. The van der Waals surface area contributed by atoms with Crippen molar-refractivity contribution in [2.75, 3.05) is 5.75 Å². The zero-order valence-electron chi connectivity index (χ0n) is 13.5. The van der Waals surface area contributed by atoms with Crippen molar-refractivity contribution in [1.82, 2.24) is 0 Å². The van der Waals surface area contributed by atoms with E-state index in [9.17, 15) is 36.9 Å². The summed E-state index contributed by atoms with van der Waals surface area (Å²) in [6.07, 6.45) is -10.8. The molecule has 1 spiro atoms. The summed E-state index contributed by atoms with van der Waals surface area (Å²) in [5.41, 5.74) is -10.0. The highest BCUT2D eigenvalue weighted by Gasteiger charge is 2.94. The van der Waals surface area contributed by atoms with Crippen LogP contribution >= 0.6 is 11.8 Å². The molecule has 0 aromatic rings. The molecular formula is C15H16F6N2S. The van der Waals surface area contributed by atoms with E-state index in [-0.39, 0.29) is 6.42 Å². The monoisotopic (exact) mass is 370 g/mol. The zero-order valence-corrected chi connectivity index (χ0v) is 14.3. The SMILES string of the molecule is CC1(C)CC(C)(C)C12SC[C@](C#N)(C(F)(F)F)[C@@]2(C#N)C(F)(F)F. The zero-order chi connectivity index (χ0) is 19.0. The number of rotatable bonds is 0. The largest absolute Gasteiger partial charge is 0.410 e. The summed E-state index contributed by atoms with van der Waals surface area (Å²) in [4.78, 5) is 0. The molecule has 1 heterocycles. The second-order valence-electron chi connectivity index (χ2n) is 7.79. The van der Waals surface area contributed by atoms with Gasteiger partial charge in [0, 0.05) is 5.75 Å². The maximum atomic E-state index is 14.1. The van der Waals surface area contributed by atoms with Crippen LogP contribution in [0.4, 0.5) is 26.3 Å². The standard InChI is InChI=1S/C15H16F6N2S/c1-9(2)5-10(3,4)13(9)12(7-23,15(19,20)21)11(6-22,8-24-13)14(16,17)18/h5,8H2,1-4H3/t11-,12+/m0/s1. The average molecular weight is 370 g/mol. The number of halogens is 6. The van der Waals surface area contributed by atoms with Gasteiger partial charge in [-0.15, -0.1) is 11.8 Å². The third-order valence-corrected chi connectivity index (χ3v) is 8.15. The Hall–Kier alpha value is -1.09. The Morgan fingerprint density at radius 2 is 1.29 bits per heavy atom. The molecular weight excluding hydrogens is 354 g/mol. The van der Waals surface area contributed by atoms with Gasteiger partial charge in [-0.05, 0) is 17.3 Å². The van der Waals surface area contributed by atoms with Crippen LogP contribution in [0.15, 0.2) is 0 Å². The summed E-state index contributed by atoms with van der Waals surface area (Å²) in [6.45, 7) is 5.75. The van der Waals surface area contributed by atoms with E-state index in [1.54, 1.807) is 0 Å². The molecule has 2 fully saturated rings. The van der Waals surface area contributed by atoms with E-state index in [1.165, 1.54) is 27.7 Å². The third kappa shape index (κ3) is 1.60. The van der Waals surface area contributed by atoms with Crippen LogP contribution in [0.2, 0.25) is 0 Å². The van der Waals surface area contributed by atoms with Crippen molar-refractivity contribution in [2.45, 2.75) is 51.2 Å².